The standard InChI is InChI=1S/C58H72O14/c1-38-25-46-23-24-57(4,5)58(64-8)55(71-56(61)43-17-13-10-14-18-43)44(30-53(59)63-7)29-51(72-58)33-52(40(3)67-37-65-35-41-15-11-9-12-16-41)70-54(60)34-47(66-36-42-19-21-45(62-6)22-20-42)31-48-27-39(2)28-50(69-48)32-49(26-38)68-46/h9-24,30,40,46-52,55H,1-2,25-29,31-37H2,3-8H3/t40-,46+,47-,48+,49+,50-,51+,52-,55+,58-/m1/s1. The van der Waals surface area contributed by atoms with Crippen molar-refractivity contribution < 1.29 is 66.5 Å². The SMILES string of the molecule is C=C1C[C@@H]2C[C@@H]3CC(=C)C[C@H](C=CC(C)(C)[C@]4(OC)O[C@@H](CC(=CC(=O)OC)[C@@H]4OC(=O)c4ccccc4)C[C@H]([C@@H](C)OCOCc4ccccc4)OC(=O)C[C@H](OCc4ccc(OC)cc4)C[C@H](C1)O2)O3. The first-order valence-electron chi connectivity index (χ1n) is 24.9. The number of rotatable bonds is 14. The van der Waals surface area contributed by atoms with Gasteiger partial charge in [0.15, 0.2) is 6.10 Å². The molecule has 72 heavy (non-hydrogen) atoms. The maximum Gasteiger partial charge on any atom is 0.338 e. The minimum Gasteiger partial charge on any atom is -0.497 e. The fraction of sp³-hybridized carbons (Fsp3) is 0.500. The van der Waals surface area contributed by atoms with Gasteiger partial charge in [-0.15, -0.1) is 0 Å². The maximum atomic E-state index is 14.5. The van der Waals surface area contributed by atoms with Gasteiger partial charge in [-0.05, 0) is 80.0 Å². The summed E-state index contributed by atoms with van der Waals surface area (Å²) in [6.07, 6.45) is 3.41. The van der Waals surface area contributed by atoms with E-state index in [4.69, 9.17) is 52.1 Å². The smallest absolute Gasteiger partial charge is 0.338 e. The average molecular weight is 993 g/mol. The van der Waals surface area contributed by atoms with E-state index in [2.05, 4.69) is 13.2 Å². The van der Waals surface area contributed by atoms with Gasteiger partial charge in [0.05, 0.1) is 82.1 Å². The number of benzene rings is 3. The van der Waals surface area contributed by atoms with E-state index >= 15 is 0 Å². The van der Waals surface area contributed by atoms with E-state index in [-0.39, 0.29) is 57.1 Å². The van der Waals surface area contributed by atoms with Crippen LogP contribution < -0.4 is 4.74 Å². The van der Waals surface area contributed by atoms with Crippen molar-refractivity contribution in [2.45, 2.75) is 152 Å². The molecule has 0 radical (unpaired) electrons. The van der Waals surface area contributed by atoms with Crippen LogP contribution in [0.3, 0.4) is 0 Å². The normalized spacial score (nSPS) is 29.1. The van der Waals surface area contributed by atoms with E-state index in [9.17, 15) is 14.4 Å². The Hall–Kier alpha value is -5.45. The lowest BCUT2D eigenvalue weighted by Gasteiger charge is -2.53. The van der Waals surface area contributed by atoms with E-state index in [0.717, 1.165) is 28.0 Å². The molecule has 0 N–H and O–H groups in total. The summed E-state index contributed by atoms with van der Waals surface area (Å²) in [4.78, 5) is 41.9. The minimum absolute atomic E-state index is 0.0585. The molecule has 3 aromatic rings. The van der Waals surface area contributed by atoms with Gasteiger partial charge < -0.3 is 52.1 Å². The molecule has 4 aliphatic heterocycles. The van der Waals surface area contributed by atoms with Gasteiger partial charge in [0.2, 0.25) is 5.79 Å². The molecule has 0 unspecified atom stereocenters. The molecule has 0 aliphatic carbocycles. The number of cyclic esters (lactones) is 1. The Morgan fingerprint density at radius 3 is 2.10 bits per heavy atom. The highest BCUT2D eigenvalue weighted by Gasteiger charge is 2.59. The number of methoxy groups -OCH3 is 3. The molecule has 6 bridgehead atoms. The van der Waals surface area contributed by atoms with E-state index < -0.39 is 59.6 Å². The highest BCUT2D eigenvalue weighted by Crippen LogP contribution is 2.49. The van der Waals surface area contributed by atoms with Crippen LogP contribution in [-0.4, -0.2) is 107 Å². The van der Waals surface area contributed by atoms with Crippen LogP contribution in [0.1, 0.15) is 100 Å². The van der Waals surface area contributed by atoms with Gasteiger partial charge in [-0.1, -0.05) is 111 Å². The van der Waals surface area contributed by atoms with Crippen molar-refractivity contribution in [3.8, 4) is 5.75 Å². The lowest BCUT2D eigenvalue weighted by atomic mass is 9.73. The van der Waals surface area contributed by atoms with Crippen molar-refractivity contribution in [2.24, 2.45) is 5.41 Å². The summed E-state index contributed by atoms with van der Waals surface area (Å²) in [6.45, 7) is 14.9. The topological polar surface area (TPSA) is 153 Å². The first kappa shape index (κ1) is 54.3. The van der Waals surface area contributed by atoms with E-state index in [0.29, 0.717) is 56.3 Å². The lowest BCUT2D eigenvalue weighted by Crippen LogP contribution is -2.63. The number of esters is 3. The van der Waals surface area contributed by atoms with Crippen LogP contribution in [0, 0.1) is 5.41 Å². The predicted molar refractivity (Wildman–Crippen MR) is 269 cm³/mol. The summed E-state index contributed by atoms with van der Waals surface area (Å²) in [5.74, 6) is -2.92. The van der Waals surface area contributed by atoms with Gasteiger partial charge in [-0.3, -0.25) is 4.79 Å². The molecule has 0 aromatic heterocycles. The number of carbonyl (C=O) groups is 3. The zero-order valence-corrected chi connectivity index (χ0v) is 42.6. The Bertz CT molecular complexity index is 2340. The van der Waals surface area contributed by atoms with Crippen LogP contribution in [0.15, 0.2) is 133 Å². The largest absolute Gasteiger partial charge is 0.497 e. The second-order valence-corrected chi connectivity index (χ2v) is 19.8. The Labute approximate surface area is 424 Å². The molecule has 10 atom stereocenters. The molecule has 0 spiro atoms. The third kappa shape index (κ3) is 14.6. The zero-order chi connectivity index (χ0) is 51.3. The van der Waals surface area contributed by atoms with Crippen molar-refractivity contribution in [1.82, 2.24) is 0 Å². The van der Waals surface area contributed by atoms with Crippen LogP contribution >= 0.6 is 0 Å². The summed E-state index contributed by atoms with van der Waals surface area (Å²) < 4.78 is 69.6. The minimum atomic E-state index is -1.79. The van der Waals surface area contributed by atoms with Crippen molar-refractivity contribution in [3.05, 3.63) is 150 Å². The monoisotopic (exact) mass is 992 g/mol. The molecule has 4 heterocycles. The van der Waals surface area contributed by atoms with Crippen molar-refractivity contribution in [1.29, 1.82) is 0 Å². The molecule has 14 heteroatoms. The number of carbonyl (C=O) groups excluding carboxylic acids is 3. The quantitative estimate of drug-likeness (QED) is 0.0376. The molecule has 3 saturated heterocycles. The second kappa shape index (κ2) is 25.5. The molecular weight excluding hydrogens is 921 g/mol. The predicted octanol–water partition coefficient (Wildman–Crippen LogP) is 9.89. The maximum absolute atomic E-state index is 14.5. The van der Waals surface area contributed by atoms with E-state index in [1.54, 1.807) is 37.4 Å². The highest BCUT2D eigenvalue weighted by molar-refractivity contribution is 5.90. The second-order valence-electron chi connectivity index (χ2n) is 19.8. The fourth-order valence-corrected chi connectivity index (χ4v) is 10.1. The number of ether oxygens (including phenoxy) is 11. The first-order chi connectivity index (χ1) is 34.6. The van der Waals surface area contributed by atoms with Gasteiger partial charge >= 0.3 is 17.9 Å². The summed E-state index contributed by atoms with van der Waals surface area (Å²) in [5.41, 5.74) is 3.52. The molecule has 0 saturated carbocycles. The fourth-order valence-electron chi connectivity index (χ4n) is 10.1. The molecule has 4 aliphatic rings. The molecule has 0 amide bonds. The Morgan fingerprint density at radius 2 is 1.42 bits per heavy atom. The first-order valence-corrected chi connectivity index (χ1v) is 24.9. The van der Waals surface area contributed by atoms with Gasteiger partial charge in [0.1, 0.15) is 18.6 Å². The Balaban J connectivity index is 1.27. The third-order valence-electron chi connectivity index (χ3n) is 13.9. The number of hydrogen-bond donors (Lipinski definition) is 0. The molecule has 3 fully saturated rings. The Kier molecular flexibility index (Phi) is 19.2. The molecular formula is C58H72O14. The summed E-state index contributed by atoms with van der Waals surface area (Å²) in [6, 6.07) is 25.9. The van der Waals surface area contributed by atoms with Crippen LogP contribution in [0.5, 0.6) is 5.75 Å². The number of fused-ring (bicyclic) bond motifs is 6. The third-order valence-corrected chi connectivity index (χ3v) is 13.9. The average Bonchev–Trinajstić information content (AvgIpc) is 3.36. The van der Waals surface area contributed by atoms with Crippen LogP contribution in [0.25, 0.3) is 0 Å². The van der Waals surface area contributed by atoms with Crippen molar-refractivity contribution >= 4 is 17.9 Å². The molecule has 7 rings (SSSR count). The van der Waals surface area contributed by atoms with Gasteiger partial charge in [0, 0.05) is 37.9 Å². The Morgan fingerprint density at radius 1 is 0.764 bits per heavy atom. The lowest BCUT2D eigenvalue weighted by molar-refractivity contribution is -0.336. The zero-order valence-electron chi connectivity index (χ0n) is 42.6. The van der Waals surface area contributed by atoms with Crippen LogP contribution in [0.4, 0.5) is 0 Å². The van der Waals surface area contributed by atoms with Crippen LogP contribution in [-0.2, 0) is 70.2 Å². The van der Waals surface area contributed by atoms with E-state index in [1.807, 2.05) is 87.5 Å². The van der Waals surface area contributed by atoms with Gasteiger partial charge in [-0.2, -0.15) is 0 Å². The summed E-state index contributed by atoms with van der Waals surface area (Å²) >= 11 is 0. The van der Waals surface area contributed by atoms with Crippen molar-refractivity contribution in [3.63, 3.8) is 0 Å². The molecule has 14 nitrogen and oxygen atoms in total. The highest BCUT2D eigenvalue weighted by atomic mass is 16.7. The summed E-state index contributed by atoms with van der Waals surface area (Å²) in [7, 11) is 4.37. The van der Waals surface area contributed by atoms with E-state index in [1.165, 1.54) is 20.3 Å². The van der Waals surface area contributed by atoms with Crippen LogP contribution in [0.2, 0.25) is 0 Å². The molecule has 3 aromatic carbocycles. The van der Waals surface area contributed by atoms with Gasteiger partial charge in [-0.25, -0.2) is 9.59 Å². The van der Waals surface area contributed by atoms with Gasteiger partial charge in [0.25, 0.3) is 0 Å². The summed E-state index contributed by atoms with van der Waals surface area (Å²) in [5, 5.41) is 0. The molecule has 388 valence electrons. The van der Waals surface area contributed by atoms with Crippen molar-refractivity contribution in [2.75, 3.05) is 28.1 Å². The number of hydrogen-bond acceptors (Lipinski definition) is 14.